The molecule has 2 heterocycles. The molecular formula is C38H36F4N4O8S. The molecule has 17 heteroatoms. The second-order valence-corrected chi connectivity index (χ2v) is 13.8. The van der Waals surface area contributed by atoms with E-state index < -0.39 is 50.6 Å². The number of benzene rings is 3. The summed E-state index contributed by atoms with van der Waals surface area (Å²) in [6, 6.07) is 17.2. The van der Waals surface area contributed by atoms with Crippen LogP contribution in [0.4, 0.5) is 23.2 Å². The largest absolute Gasteiger partial charge is 0.497 e. The van der Waals surface area contributed by atoms with Crippen molar-refractivity contribution >= 4 is 21.6 Å². The number of rotatable bonds is 14. The van der Waals surface area contributed by atoms with E-state index in [1.165, 1.54) is 70.0 Å². The smallest absolute Gasteiger partial charge is 0.418 e. The minimum atomic E-state index is -4.88. The SMILES string of the molecule is COc1ccc(CN(Cc2ccc(OC)cc2OC)S(=O)(=O)c2cccc(NC(=O)c3c(Oc4ccc(F)nc4C)ncc(C(F)(F)F)c3C)c2)c(OC)c1. The van der Waals surface area contributed by atoms with Crippen LogP contribution in [0.1, 0.15) is 38.3 Å². The predicted molar refractivity (Wildman–Crippen MR) is 193 cm³/mol. The zero-order valence-corrected chi connectivity index (χ0v) is 31.3. The summed E-state index contributed by atoms with van der Waals surface area (Å²) in [6.07, 6.45) is -4.36. The van der Waals surface area contributed by atoms with E-state index in [9.17, 15) is 30.8 Å². The lowest BCUT2D eigenvalue weighted by Gasteiger charge is -2.25. The van der Waals surface area contributed by atoms with E-state index in [-0.39, 0.29) is 35.1 Å². The molecule has 0 atom stereocenters. The van der Waals surface area contributed by atoms with Crippen LogP contribution in [0, 0.1) is 19.8 Å². The van der Waals surface area contributed by atoms with Gasteiger partial charge in [-0.15, -0.1) is 0 Å². The standard InChI is InChI=1S/C38H36F4N4O8S/c1-22-30(38(40,41)42)19-43-37(54-31-14-15-34(39)44-23(31)2)35(22)36(47)45-26-8-7-9-29(16-26)55(48,49)46(20-24-10-12-27(50-3)17-32(24)52-5)21-25-11-13-28(51-4)18-33(25)53-6/h7-19H,20-21H2,1-6H3,(H,45,47). The number of nitrogens with one attached hydrogen (secondary N) is 1. The predicted octanol–water partition coefficient (Wildman–Crippen LogP) is 7.72. The number of aryl methyl sites for hydroxylation is 1. The Labute approximate surface area is 314 Å². The third-order valence-corrected chi connectivity index (χ3v) is 10.2. The van der Waals surface area contributed by atoms with Crippen molar-refractivity contribution in [1.82, 2.24) is 14.3 Å². The molecule has 0 saturated carbocycles. The second kappa shape index (κ2) is 16.6. The number of carbonyl (C=O) groups is 1. The first-order valence-electron chi connectivity index (χ1n) is 16.3. The molecule has 3 aromatic carbocycles. The number of amides is 1. The molecule has 0 aliphatic carbocycles. The molecular weight excluding hydrogens is 748 g/mol. The van der Waals surface area contributed by atoms with Crippen LogP contribution < -0.4 is 29.0 Å². The molecule has 0 radical (unpaired) electrons. The van der Waals surface area contributed by atoms with Crippen LogP contribution in [0.2, 0.25) is 0 Å². The summed E-state index contributed by atoms with van der Waals surface area (Å²) in [4.78, 5) is 21.0. The molecule has 0 bridgehead atoms. The Morgan fingerprint density at radius 3 is 1.93 bits per heavy atom. The van der Waals surface area contributed by atoms with Gasteiger partial charge in [0.15, 0.2) is 5.75 Å². The molecule has 2 aromatic heterocycles. The molecule has 12 nitrogen and oxygen atoms in total. The van der Waals surface area contributed by atoms with Crippen LogP contribution in [-0.2, 0) is 29.3 Å². The Kier molecular flexibility index (Phi) is 12.2. The fraction of sp³-hybridized carbons (Fsp3) is 0.237. The van der Waals surface area contributed by atoms with Crippen LogP contribution >= 0.6 is 0 Å². The molecule has 5 rings (SSSR count). The molecule has 1 N–H and O–H groups in total. The Hall–Kier alpha value is -5.94. The van der Waals surface area contributed by atoms with Crippen molar-refractivity contribution in [2.75, 3.05) is 33.8 Å². The normalized spacial score (nSPS) is 11.6. The van der Waals surface area contributed by atoms with Crippen molar-refractivity contribution in [3.63, 3.8) is 0 Å². The van der Waals surface area contributed by atoms with E-state index in [1.807, 2.05) is 0 Å². The van der Waals surface area contributed by atoms with Gasteiger partial charge in [0, 0.05) is 48.2 Å². The number of nitrogens with zero attached hydrogens (tertiary/aromatic N) is 3. The van der Waals surface area contributed by atoms with Gasteiger partial charge in [0.25, 0.3) is 5.91 Å². The van der Waals surface area contributed by atoms with Gasteiger partial charge in [-0.2, -0.15) is 21.9 Å². The first kappa shape index (κ1) is 40.2. The van der Waals surface area contributed by atoms with E-state index in [0.717, 1.165) is 13.0 Å². The van der Waals surface area contributed by atoms with Gasteiger partial charge in [0.1, 0.15) is 28.6 Å². The average Bonchev–Trinajstić information content (AvgIpc) is 3.15. The minimum Gasteiger partial charge on any atom is -0.497 e. The monoisotopic (exact) mass is 784 g/mol. The average molecular weight is 785 g/mol. The summed E-state index contributed by atoms with van der Waals surface area (Å²) in [5.74, 6) is -0.795. The van der Waals surface area contributed by atoms with Gasteiger partial charge in [-0.1, -0.05) is 18.2 Å². The number of hydrogen-bond acceptors (Lipinski definition) is 10. The van der Waals surface area contributed by atoms with E-state index in [2.05, 4.69) is 15.3 Å². The molecule has 0 unspecified atom stereocenters. The van der Waals surface area contributed by atoms with Crippen molar-refractivity contribution in [2.24, 2.45) is 0 Å². The Balaban J connectivity index is 1.54. The van der Waals surface area contributed by atoms with Crippen molar-refractivity contribution < 1.29 is 54.5 Å². The van der Waals surface area contributed by atoms with Gasteiger partial charge in [0.05, 0.1) is 44.6 Å². The fourth-order valence-corrected chi connectivity index (χ4v) is 7.03. The maximum Gasteiger partial charge on any atom is 0.418 e. The molecule has 1 amide bonds. The van der Waals surface area contributed by atoms with Crippen LogP contribution in [0.3, 0.4) is 0 Å². The van der Waals surface area contributed by atoms with Crippen molar-refractivity contribution in [2.45, 2.75) is 38.0 Å². The maximum absolute atomic E-state index is 14.5. The third-order valence-electron chi connectivity index (χ3n) is 8.46. The second-order valence-electron chi connectivity index (χ2n) is 11.9. The Morgan fingerprint density at radius 1 is 0.800 bits per heavy atom. The van der Waals surface area contributed by atoms with E-state index >= 15 is 0 Å². The highest BCUT2D eigenvalue weighted by molar-refractivity contribution is 7.89. The van der Waals surface area contributed by atoms with Crippen LogP contribution in [0.25, 0.3) is 0 Å². The van der Waals surface area contributed by atoms with Gasteiger partial charge in [0.2, 0.25) is 21.9 Å². The van der Waals surface area contributed by atoms with Gasteiger partial charge in [-0.25, -0.2) is 18.4 Å². The molecule has 55 heavy (non-hydrogen) atoms. The number of aromatic nitrogens is 2. The summed E-state index contributed by atoms with van der Waals surface area (Å²) in [5, 5.41) is 2.49. The highest BCUT2D eigenvalue weighted by Crippen LogP contribution is 2.38. The highest BCUT2D eigenvalue weighted by atomic mass is 32.2. The topological polar surface area (TPSA) is 138 Å². The first-order chi connectivity index (χ1) is 26.1. The number of ether oxygens (including phenoxy) is 5. The summed E-state index contributed by atoms with van der Waals surface area (Å²) in [7, 11) is 1.43. The number of pyridine rings is 2. The van der Waals surface area contributed by atoms with E-state index in [4.69, 9.17) is 23.7 Å². The van der Waals surface area contributed by atoms with Crippen molar-refractivity contribution in [1.29, 1.82) is 0 Å². The van der Waals surface area contributed by atoms with Crippen LogP contribution in [0.5, 0.6) is 34.6 Å². The quantitative estimate of drug-likeness (QED) is 0.0880. The molecule has 5 aromatic rings. The number of halogens is 4. The number of anilines is 1. The summed E-state index contributed by atoms with van der Waals surface area (Å²) >= 11 is 0. The van der Waals surface area contributed by atoms with Gasteiger partial charge >= 0.3 is 6.18 Å². The molecule has 0 fully saturated rings. The molecule has 0 aliphatic heterocycles. The summed E-state index contributed by atoms with van der Waals surface area (Å²) < 4.78 is 113. The molecule has 0 saturated heterocycles. The van der Waals surface area contributed by atoms with Gasteiger partial charge < -0.3 is 29.0 Å². The van der Waals surface area contributed by atoms with E-state index in [0.29, 0.717) is 40.3 Å². The lowest BCUT2D eigenvalue weighted by atomic mass is 10.0. The van der Waals surface area contributed by atoms with Crippen LogP contribution in [0.15, 0.2) is 83.9 Å². The van der Waals surface area contributed by atoms with Crippen LogP contribution in [-0.4, -0.2) is 57.0 Å². The zero-order valence-electron chi connectivity index (χ0n) is 30.4. The lowest BCUT2D eigenvalue weighted by Crippen LogP contribution is -2.30. The Bertz CT molecular complexity index is 2270. The molecule has 290 valence electrons. The highest BCUT2D eigenvalue weighted by Gasteiger charge is 2.36. The molecule has 0 aliphatic rings. The number of sulfonamides is 1. The summed E-state index contributed by atoms with van der Waals surface area (Å²) in [6.45, 7) is 2.10. The van der Waals surface area contributed by atoms with Crippen molar-refractivity contribution in [3.05, 3.63) is 118 Å². The lowest BCUT2D eigenvalue weighted by molar-refractivity contribution is -0.138. The summed E-state index contributed by atoms with van der Waals surface area (Å²) in [5.41, 5.74) is -1.34. The third kappa shape index (κ3) is 9.06. The zero-order chi connectivity index (χ0) is 40.1. The maximum atomic E-state index is 14.5. The van der Waals surface area contributed by atoms with Crippen molar-refractivity contribution in [3.8, 4) is 34.6 Å². The fourth-order valence-electron chi connectivity index (χ4n) is 5.59. The number of alkyl halides is 3. The minimum absolute atomic E-state index is 0.0488. The number of carbonyl (C=O) groups excluding carboxylic acids is 1. The molecule has 0 spiro atoms. The van der Waals surface area contributed by atoms with Gasteiger partial charge in [-0.05, 0) is 61.9 Å². The van der Waals surface area contributed by atoms with Gasteiger partial charge in [-0.3, -0.25) is 4.79 Å². The number of methoxy groups -OCH3 is 4. The Morgan fingerprint density at radius 2 is 1.40 bits per heavy atom. The first-order valence-corrected chi connectivity index (χ1v) is 17.7. The van der Waals surface area contributed by atoms with E-state index in [1.54, 1.807) is 36.4 Å². The number of hydrogen-bond donors (Lipinski definition) is 1.